The van der Waals surface area contributed by atoms with Crippen LogP contribution in [0.2, 0.25) is 0 Å². The van der Waals surface area contributed by atoms with Gasteiger partial charge in [0.25, 0.3) is 0 Å². The minimum absolute atomic E-state index is 0.0179. The summed E-state index contributed by atoms with van der Waals surface area (Å²) in [6.45, 7) is 4.78. The number of rotatable bonds is 3. The Hall–Kier alpha value is -1.55. The molecule has 1 amide bonds. The maximum absolute atomic E-state index is 12.5. The van der Waals surface area contributed by atoms with Crippen molar-refractivity contribution in [2.24, 2.45) is 11.8 Å². The van der Waals surface area contributed by atoms with Crippen molar-refractivity contribution < 1.29 is 9.21 Å². The summed E-state index contributed by atoms with van der Waals surface area (Å²) < 4.78 is 5.28. The Bertz CT molecular complexity index is 559. The molecule has 4 nitrogen and oxygen atoms in total. The highest BCUT2D eigenvalue weighted by Crippen LogP contribution is 2.36. The van der Waals surface area contributed by atoms with Gasteiger partial charge in [0.05, 0.1) is 12.4 Å². The molecule has 1 saturated heterocycles. The Balaban J connectivity index is 1.65. The van der Waals surface area contributed by atoms with Crippen molar-refractivity contribution in [1.29, 1.82) is 0 Å². The normalized spacial score (nSPS) is 29.0. The number of nitrogens with one attached hydrogen (secondary N) is 2. The fourth-order valence-corrected chi connectivity index (χ4v) is 3.87. The number of furan rings is 1. The van der Waals surface area contributed by atoms with Crippen LogP contribution in [0.5, 0.6) is 0 Å². The molecule has 0 spiro atoms. The second kappa shape index (κ2) is 6.69. The lowest BCUT2D eigenvalue weighted by Gasteiger charge is -2.42. The average molecular weight is 302 g/mol. The number of fused-ring (bicyclic) bond motifs is 1. The highest BCUT2D eigenvalue weighted by molar-refractivity contribution is 5.97. The van der Waals surface area contributed by atoms with Crippen LogP contribution < -0.4 is 10.6 Å². The van der Waals surface area contributed by atoms with Crippen LogP contribution in [0, 0.1) is 18.8 Å². The van der Waals surface area contributed by atoms with Crippen molar-refractivity contribution >= 4 is 12.0 Å². The first kappa shape index (κ1) is 15.3. The largest absolute Gasteiger partial charge is 0.469 e. The quantitative estimate of drug-likeness (QED) is 0.843. The minimum Gasteiger partial charge on any atom is -0.469 e. The molecule has 1 unspecified atom stereocenters. The van der Waals surface area contributed by atoms with E-state index in [4.69, 9.17) is 4.42 Å². The number of carbonyl (C=O) groups is 1. The number of amides is 1. The molecule has 1 saturated carbocycles. The van der Waals surface area contributed by atoms with Crippen LogP contribution in [-0.2, 0) is 4.79 Å². The molecule has 2 heterocycles. The molecule has 120 valence electrons. The van der Waals surface area contributed by atoms with Gasteiger partial charge in [0.15, 0.2) is 0 Å². The van der Waals surface area contributed by atoms with Crippen LogP contribution >= 0.6 is 0 Å². The van der Waals surface area contributed by atoms with Crippen molar-refractivity contribution in [1.82, 2.24) is 10.6 Å². The molecule has 4 heteroatoms. The molecule has 0 aromatic carbocycles. The number of carbonyl (C=O) groups excluding carboxylic acids is 1. The lowest BCUT2D eigenvalue weighted by Crippen LogP contribution is -2.56. The lowest BCUT2D eigenvalue weighted by atomic mass is 9.74. The van der Waals surface area contributed by atoms with E-state index in [1.54, 1.807) is 6.26 Å². The fourth-order valence-electron chi connectivity index (χ4n) is 3.87. The summed E-state index contributed by atoms with van der Waals surface area (Å²) in [7, 11) is 0. The van der Waals surface area contributed by atoms with Crippen LogP contribution in [0.4, 0.5) is 0 Å². The third-order valence-corrected chi connectivity index (χ3v) is 5.19. The van der Waals surface area contributed by atoms with E-state index in [1.807, 2.05) is 26.0 Å². The Morgan fingerprint density at radius 2 is 2.18 bits per heavy atom. The molecular formula is C18H26N2O2. The first-order chi connectivity index (χ1) is 10.6. The van der Waals surface area contributed by atoms with Crippen LogP contribution in [-0.4, -0.2) is 18.6 Å². The zero-order valence-corrected chi connectivity index (χ0v) is 13.5. The monoisotopic (exact) mass is 302 g/mol. The van der Waals surface area contributed by atoms with Gasteiger partial charge in [0, 0.05) is 11.1 Å². The molecule has 1 aliphatic heterocycles. The molecule has 3 atom stereocenters. The molecule has 3 rings (SSSR count). The van der Waals surface area contributed by atoms with Gasteiger partial charge >= 0.3 is 0 Å². The smallest absolute Gasteiger partial charge is 0.248 e. The summed E-state index contributed by atoms with van der Waals surface area (Å²) in [4.78, 5) is 12.5. The SMILES string of the molecule is CC(=Cc1ccoc1C)C(=O)N[C@H]1NCC[C@H]2CCCCC21. The van der Waals surface area contributed by atoms with Crippen LogP contribution in [0.3, 0.4) is 0 Å². The van der Waals surface area contributed by atoms with Gasteiger partial charge < -0.3 is 9.73 Å². The summed E-state index contributed by atoms with van der Waals surface area (Å²) in [6.07, 6.45) is 10.1. The molecular weight excluding hydrogens is 276 g/mol. The Morgan fingerprint density at radius 1 is 1.36 bits per heavy atom. The highest BCUT2D eigenvalue weighted by Gasteiger charge is 2.35. The van der Waals surface area contributed by atoms with Crippen molar-refractivity contribution in [2.45, 2.75) is 52.1 Å². The van der Waals surface area contributed by atoms with Crippen LogP contribution in [0.15, 0.2) is 22.3 Å². The molecule has 2 fully saturated rings. The highest BCUT2D eigenvalue weighted by atomic mass is 16.3. The molecule has 2 N–H and O–H groups in total. The van der Waals surface area contributed by atoms with E-state index in [-0.39, 0.29) is 12.1 Å². The van der Waals surface area contributed by atoms with Gasteiger partial charge in [-0.25, -0.2) is 0 Å². The lowest BCUT2D eigenvalue weighted by molar-refractivity contribution is -0.119. The number of piperidine rings is 1. The van der Waals surface area contributed by atoms with Gasteiger partial charge in [-0.3, -0.25) is 10.1 Å². The zero-order valence-electron chi connectivity index (χ0n) is 13.5. The van der Waals surface area contributed by atoms with Crippen molar-refractivity contribution in [3.05, 3.63) is 29.2 Å². The van der Waals surface area contributed by atoms with Crippen LogP contribution in [0.1, 0.15) is 50.4 Å². The zero-order chi connectivity index (χ0) is 15.5. The standard InChI is InChI=1S/C18H26N2O2/c1-12(11-15-8-10-22-13(15)2)18(21)20-17-16-6-4-3-5-14(16)7-9-19-17/h8,10-11,14,16-17,19H,3-7,9H2,1-2H3,(H,20,21)/t14-,16?,17-/m1/s1. The van der Waals surface area contributed by atoms with Gasteiger partial charge in [-0.1, -0.05) is 19.3 Å². The predicted octanol–water partition coefficient (Wildman–Crippen LogP) is 3.23. The Morgan fingerprint density at radius 3 is 2.95 bits per heavy atom. The number of aryl methyl sites for hydroxylation is 1. The van der Waals surface area contributed by atoms with E-state index < -0.39 is 0 Å². The Kier molecular flexibility index (Phi) is 4.67. The van der Waals surface area contributed by atoms with E-state index in [0.717, 1.165) is 29.4 Å². The number of hydrogen-bond donors (Lipinski definition) is 2. The molecule has 1 aromatic rings. The minimum atomic E-state index is 0.0179. The van der Waals surface area contributed by atoms with Gasteiger partial charge in [-0.05, 0) is 57.2 Å². The van der Waals surface area contributed by atoms with Gasteiger partial charge in [-0.2, -0.15) is 0 Å². The van der Waals surface area contributed by atoms with Crippen molar-refractivity contribution in [2.75, 3.05) is 6.54 Å². The summed E-state index contributed by atoms with van der Waals surface area (Å²) in [5.41, 5.74) is 1.70. The third-order valence-electron chi connectivity index (χ3n) is 5.19. The third kappa shape index (κ3) is 3.27. The van der Waals surface area contributed by atoms with Crippen LogP contribution in [0.25, 0.3) is 6.08 Å². The predicted molar refractivity (Wildman–Crippen MR) is 87.1 cm³/mol. The Labute approximate surface area is 132 Å². The topological polar surface area (TPSA) is 54.3 Å². The van der Waals surface area contributed by atoms with Crippen molar-refractivity contribution in [3.63, 3.8) is 0 Å². The maximum Gasteiger partial charge on any atom is 0.248 e. The molecule has 22 heavy (non-hydrogen) atoms. The van der Waals surface area contributed by atoms with Gasteiger partial charge in [-0.15, -0.1) is 0 Å². The summed E-state index contributed by atoms with van der Waals surface area (Å²) in [5, 5.41) is 6.70. The summed E-state index contributed by atoms with van der Waals surface area (Å²) in [6, 6.07) is 1.89. The molecule has 1 aromatic heterocycles. The molecule has 0 radical (unpaired) electrons. The van der Waals surface area contributed by atoms with Crippen molar-refractivity contribution in [3.8, 4) is 0 Å². The van der Waals surface area contributed by atoms with E-state index in [1.165, 1.54) is 32.1 Å². The van der Waals surface area contributed by atoms with E-state index in [2.05, 4.69) is 10.6 Å². The second-order valence-electron chi connectivity index (χ2n) is 6.66. The average Bonchev–Trinajstić information content (AvgIpc) is 2.93. The van der Waals surface area contributed by atoms with E-state index >= 15 is 0 Å². The second-order valence-corrected chi connectivity index (χ2v) is 6.66. The summed E-state index contributed by atoms with van der Waals surface area (Å²) >= 11 is 0. The first-order valence-corrected chi connectivity index (χ1v) is 8.42. The van der Waals surface area contributed by atoms with Gasteiger partial charge in [0.2, 0.25) is 5.91 Å². The van der Waals surface area contributed by atoms with E-state index in [9.17, 15) is 4.79 Å². The molecule has 2 aliphatic rings. The fraction of sp³-hybridized carbons (Fsp3) is 0.611. The molecule has 0 bridgehead atoms. The number of hydrogen-bond acceptors (Lipinski definition) is 3. The molecule has 1 aliphatic carbocycles. The first-order valence-electron chi connectivity index (χ1n) is 8.42. The summed E-state index contributed by atoms with van der Waals surface area (Å²) in [5.74, 6) is 2.23. The van der Waals surface area contributed by atoms with Gasteiger partial charge in [0.1, 0.15) is 5.76 Å². The van der Waals surface area contributed by atoms with E-state index in [0.29, 0.717) is 5.92 Å². The maximum atomic E-state index is 12.5.